The molecule has 0 fully saturated rings. The molecule has 0 aliphatic heterocycles. The number of nitrogens with two attached hydrogens (primary N) is 1. The maximum absolute atomic E-state index is 14.0. The molecule has 0 bridgehead atoms. The molecule has 12 heteroatoms. The molecule has 0 aromatic heterocycles. The maximum atomic E-state index is 14.0. The Morgan fingerprint density at radius 1 is 0.762 bits per heavy atom. The van der Waals surface area contributed by atoms with Crippen molar-refractivity contribution in [2.45, 2.75) is 76.7 Å². The van der Waals surface area contributed by atoms with Crippen LogP contribution >= 0.6 is 0 Å². The molecule has 0 spiro atoms. The molecule has 0 radical (unpaired) electrons. The van der Waals surface area contributed by atoms with E-state index in [0.717, 1.165) is 31.3 Å². The summed E-state index contributed by atoms with van der Waals surface area (Å²) in [6.45, 7) is 3.36. The van der Waals surface area contributed by atoms with Crippen LogP contribution in [0.15, 0.2) is 46.6 Å². The van der Waals surface area contributed by atoms with Crippen molar-refractivity contribution in [3.8, 4) is 0 Å². The zero-order valence-electron chi connectivity index (χ0n) is 24.0. The van der Waals surface area contributed by atoms with E-state index in [1.165, 1.54) is 24.3 Å². The lowest BCUT2D eigenvalue weighted by Crippen LogP contribution is -2.71. The molecule has 0 aromatic rings. The molecule has 2 aliphatic rings. The van der Waals surface area contributed by atoms with Crippen LogP contribution in [0.3, 0.4) is 0 Å². The fraction of sp³-hybridized carbons (Fsp3) is 0.467. The van der Waals surface area contributed by atoms with Gasteiger partial charge in [0, 0.05) is 48.8 Å². The van der Waals surface area contributed by atoms with Gasteiger partial charge in [-0.3, -0.25) is 24.1 Å². The largest absolute Gasteiger partial charge is 0.366 e. The Bertz CT molecular complexity index is 1220. The fourth-order valence-electron chi connectivity index (χ4n) is 5.37. The summed E-state index contributed by atoms with van der Waals surface area (Å²) in [5, 5.41) is 56.3. The SMILES string of the molecule is CC1=CC(C=N)C(O)(N(C(=O)C(=O)CCCCCCCCC(=O)C(N)=O)C2(O)C(C=N)=CC(C)=CC2C=N)C(C=N)=C1. The van der Waals surface area contributed by atoms with Crippen molar-refractivity contribution < 1.29 is 29.4 Å². The van der Waals surface area contributed by atoms with Crippen molar-refractivity contribution >= 4 is 48.2 Å². The number of rotatable bonds is 17. The van der Waals surface area contributed by atoms with E-state index in [1.807, 2.05) is 0 Å². The van der Waals surface area contributed by atoms with Gasteiger partial charge in [-0.1, -0.05) is 61.1 Å². The maximum Gasteiger partial charge on any atom is 0.295 e. The second-order valence-electron chi connectivity index (χ2n) is 10.6. The molecule has 2 aliphatic carbocycles. The van der Waals surface area contributed by atoms with Crippen LogP contribution in [0, 0.1) is 33.5 Å². The third-order valence-electron chi connectivity index (χ3n) is 7.56. The number of aliphatic hydroxyl groups is 2. The molecule has 42 heavy (non-hydrogen) atoms. The van der Waals surface area contributed by atoms with Gasteiger partial charge >= 0.3 is 0 Å². The molecule has 0 saturated carbocycles. The predicted octanol–water partition coefficient (Wildman–Crippen LogP) is 2.54. The van der Waals surface area contributed by atoms with Crippen molar-refractivity contribution in [2.24, 2.45) is 17.6 Å². The van der Waals surface area contributed by atoms with Gasteiger partial charge in [0.15, 0.2) is 11.4 Å². The third-order valence-corrected chi connectivity index (χ3v) is 7.56. The molecular weight excluding hydrogens is 540 g/mol. The summed E-state index contributed by atoms with van der Waals surface area (Å²) in [5.74, 6) is -6.28. The minimum Gasteiger partial charge on any atom is -0.366 e. The average molecular weight is 581 g/mol. The number of Topliss-reactive ketones (excluding diaryl/α,β-unsaturated/α-hetero) is 2. The Morgan fingerprint density at radius 2 is 1.14 bits per heavy atom. The molecule has 4 atom stereocenters. The molecule has 2 amide bonds. The summed E-state index contributed by atoms with van der Waals surface area (Å²) >= 11 is 0. The lowest BCUT2D eigenvalue weighted by molar-refractivity contribution is -0.211. The number of carbonyl (C=O) groups is 4. The number of ketones is 2. The van der Waals surface area contributed by atoms with Crippen LogP contribution < -0.4 is 5.73 Å². The van der Waals surface area contributed by atoms with Crippen molar-refractivity contribution in [1.82, 2.24) is 4.90 Å². The minimum absolute atomic E-state index is 0.0826. The van der Waals surface area contributed by atoms with Crippen LogP contribution in [0.4, 0.5) is 0 Å². The van der Waals surface area contributed by atoms with Crippen LogP contribution in [0.2, 0.25) is 0 Å². The van der Waals surface area contributed by atoms with Crippen LogP contribution in [-0.2, 0) is 19.2 Å². The standard InChI is InChI=1S/C30H40N6O6/c1-19-11-21(15-31)29(41,22(12-19)16-32)36(30(42)23(17-33)13-20(2)14-24(30)18-34)28(40)26(38)10-8-6-4-3-5-7-9-25(37)27(35)39/h11-18,21,23,31-34,41-42H,3-10H2,1-2H3,(H2,35,39). The lowest BCUT2D eigenvalue weighted by atomic mass is 9.75. The molecule has 2 rings (SSSR count). The molecular formula is C30H40N6O6. The monoisotopic (exact) mass is 580 g/mol. The van der Waals surface area contributed by atoms with E-state index in [1.54, 1.807) is 13.8 Å². The summed E-state index contributed by atoms with van der Waals surface area (Å²) in [7, 11) is 0. The van der Waals surface area contributed by atoms with Crippen molar-refractivity contribution in [2.75, 3.05) is 0 Å². The number of primary amides is 1. The molecule has 226 valence electrons. The normalized spacial score (nSPS) is 25.1. The zero-order chi connectivity index (χ0) is 31.7. The molecule has 8 N–H and O–H groups in total. The summed E-state index contributed by atoms with van der Waals surface area (Å²) in [6, 6.07) is 0. The highest BCUT2D eigenvalue weighted by Gasteiger charge is 2.60. The van der Waals surface area contributed by atoms with Gasteiger partial charge in [-0.15, -0.1) is 0 Å². The van der Waals surface area contributed by atoms with Crippen LogP contribution in [0.1, 0.15) is 65.2 Å². The first kappa shape index (κ1) is 34.0. The first-order valence-corrected chi connectivity index (χ1v) is 13.8. The number of amides is 2. The van der Waals surface area contributed by atoms with E-state index in [-0.39, 0.29) is 24.0 Å². The van der Waals surface area contributed by atoms with Crippen LogP contribution in [0.5, 0.6) is 0 Å². The highest BCUT2D eigenvalue weighted by Crippen LogP contribution is 2.45. The number of nitrogens with one attached hydrogen (secondary N) is 4. The van der Waals surface area contributed by atoms with E-state index >= 15 is 0 Å². The smallest absolute Gasteiger partial charge is 0.295 e. The molecule has 12 nitrogen and oxygen atoms in total. The summed E-state index contributed by atoms with van der Waals surface area (Å²) in [6.07, 6.45) is 12.4. The van der Waals surface area contributed by atoms with Crippen LogP contribution in [-0.4, -0.2) is 74.8 Å². The van der Waals surface area contributed by atoms with E-state index in [4.69, 9.17) is 27.4 Å². The van der Waals surface area contributed by atoms with Gasteiger partial charge in [-0.05, 0) is 26.7 Å². The van der Waals surface area contributed by atoms with Gasteiger partial charge in [-0.25, -0.2) is 0 Å². The summed E-state index contributed by atoms with van der Waals surface area (Å²) < 4.78 is 0. The van der Waals surface area contributed by atoms with E-state index < -0.39 is 46.7 Å². The molecule has 0 saturated heterocycles. The quantitative estimate of drug-likeness (QED) is 0.0590. The number of carbonyl (C=O) groups excluding carboxylic acids is 4. The second-order valence-corrected chi connectivity index (χ2v) is 10.6. The third kappa shape index (κ3) is 7.00. The topological polar surface area (TPSA) is 233 Å². The number of nitrogens with zero attached hydrogens (tertiary/aromatic N) is 1. The van der Waals surface area contributed by atoms with Crippen molar-refractivity contribution in [3.05, 3.63) is 46.6 Å². The number of unbranched alkanes of at least 4 members (excludes halogenated alkanes) is 5. The first-order chi connectivity index (χ1) is 19.8. The van der Waals surface area contributed by atoms with Crippen molar-refractivity contribution in [3.63, 3.8) is 0 Å². The molecule has 4 unspecified atom stereocenters. The lowest BCUT2D eigenvalue weighted by Gasteiger charge is -2.54. The fourth-order valence-corrected chi connectivity index (χ4v) is 5.37. The number of hydrogen-bond acceptors (Lipinski definition) is 10. The number of allylic oxidation sites excluding steroid dienone is 4. The second kappa shape index (κ2) is 14.6. The molecule has 0 aromatic carbocycles. The average Bonchev–Trinajstić information content (AvgIpc) is 2.95. The molecule has 0 heterocycles. The van der Waals surface area contributed by atoms with Gasteiger partial charge in [0.1, 0.15) is 0 Å². The first-order valence-electron chi connectivity index (χ1n) is 13.8. The van der Waals surface area contributed by atoms with Gasteiger partial charge in [-0.2, -0.15) is 0 Å². The van der Waals surface area contributed by atoms with Gasteiger partial charge < -0.3 is 37.6 Å². The van der Waals surface area contributed by atoms with Gasteiger partial charge in [0.25, 0.3) is 11.8 Å². The van der Waals surface area contributed by atoms with Gasteiger partial charge in [0.2, 0.25) is 11.6 Å². The highest BCUT2D eigenvalue weighted by molar-refractivity contribution is 6.36. The van der Waals surface area contributed by atoms with E-state index in [2.05, 4.69) is 0 Å². The Labute approximate surface area is 245 Å². The highest BCUT2D eigenvalue weighted by atomic mass is 16.4. The van der Waals surface area contributed by atoms with Crippen LogP contribution in [0.25, 0.3) is 0 Å². The van der Waals surface area contributed by atoms with E-state index in [0.29, 0.717) is 48.2 Å². The zero-order valence-corrected chi connectivity index (χ0v) is 24.0. The summed E-state index contributed by atoms with van der Waals surface area (Å²) in [5.41, 5.74) is 0.682. The van der Waals surface area contributed by atoms with Crippen molar-refractivity contribution in [1.29, 1.82) is 21.6 Å². The minimum atomic E-state index is -2.56. The Morgan fingerprint density at radius 3 is 1.50 bits per heavy atom. The Balaban J connectivity index is 2.37. The number of hydrogen-bond donors (Lipinski definition) is 7. The Kier molecular flexibility index (Phi) is 11.9. The predicted molar refractivity (Wildman–Crippen MR) is 159 cm³/mol. The summed E-state index contributed by atoms with van der Waals surface area (Å²) in [4.78, 5) is 50.0. The Hall–Kier alpha value is -4.16. The van der Waals surface area contributed by atoms with Gasteiger partial charge in [0.05, 0.1) is 11.8 Å². The van der Waals surface area contributed by atoms with E-state index in [9.17, 15) is 29.4 Å².